The van der Waals surface area contributed by atoms with Crippen LogP contribution in [0.5, 0.6) is 0 Å². The van der Waals surface area contributed by atoms with Gasteiger partial charge in [0.2, 0.25) is 0 Å². The van der Waals surface area contributed by atoms with Crippen molar-refractivity contribution < 1.29 is 0 Å². The molecule has 0 saturated carbocycles. The van der Waals surface area contributed by atoms with E-state index in [1.807, 2.05) is 6.07 Å². The van der Waals surface area contributed by atoms with E-state index in [0.29, 0.717) is 0 Å². The van der Waals surface area contributed by atoms with E-state index in [1.54, 1.807) is 0 Å². The fraction of sp³-hybridized carbons (Fsp3) is 0.125. The van der Waals surface area contributed by atoms with Gasteiger partial charge in [-0.25, -0.2) is 0 Å². The summed E-state index contributed by atoms with van der Waals surface area (Å²) in [5.74, 6) is 0. The van der Waals surface area contributed by atoms with Crippen LogP contribution in [0.1, 0.15) is 17.5 Å². The van der Waals surface area contributed by atoms with E-state index in [4.69, 9.17) is 0 Å². The number of benzene rings is 2. The van der Waals surface area contributed by atoms with Crippen LogP contribution in [0.25, 0.3) is 17.2 Å². The van der Waals surface area contributed by atoms with E-state index in [-0.39, 0.29) is 0 Å². The highest BCUT2D eigenvalue weighted by Gasteiger charge is 2.09. The van der Waals surface area contributed by atoms with Gasteiger partial charge in [0, 0.05) is 0 Å². The van der Waals surface area contributed by atoms with Crippen molar-refractivity contribution in [2.45, 2.75) is 12.8 Å². The number of hydrogen-bond donors (Lipinski definition) is 0. The van der Waals surface area contributed by atoms with Crippen molar-refractivity contribution >= 4 is 6.08 Å². The minimum atomic E-state index is 1.12. The Morgan fingerprint density at radius 2 is 1.88 bits per heavy atom. The zero-order chi connectivity index (χ0) is 10.8. The first-order valence-electron chi connectivity index (χ1n) is 5.71. The second kappa shape index (κ2) is 3.97. The lowest BCUT2D eigenvalue weighted by Crippen LogP contribution is -1.96. The number of aryl methyl sites for hydroxylation is 1. The van der Waals surface area contributed by atoms with Crippen molar-refractivity contribution in [1.29, 1.82) is 0 Å². The second-order valence-electron chi connectivity index (χ2n) is 4.09. The Morgan fingerprint density at radius 1 is 1.00 bits per heavy atom. The van der Waals surface area contributed by atoms with Crippen molar-refractivity contribution in [1.82, 2.24) is 0 Å². The SMILES string of the molecule is [c]1ccc(-c2ccccc2)c2c1CCC=C2. The highest BCUT2D eigenvalue weighted by molar-refractivity contribution is 5.77. The van der Waals surface area contributed by atoms with Gasteiger partial charge in [0.15, 0.2) is 0 Å². The maximum absolute atomic E-state index is 3.35. The van der Waals surface area contributed by atoms with Gasteiger partial charge in [-0.1, -0.05) is 54.6 Å². The molecule has 0 saturated heterocycles. The van der Waals surface area contributed by atoms with Gasteiger partial charge in [-0.05, 0) is 41.2 Å². The van der Waals surface area contributed by atoms with Crippen molar-refractivity contribution in [2.75, 3.05) is 0 Å². The molecule has 77 valence electrons. The topological polar surface area (TPSA) is 0 Å². The Hall–Kier alpha value is -1.82. The Kier molecular flexibility index (Phi) is 2.34. The minimum Gasteiger partial charge on any atom is -0.0836 e. The van der Waals surface area contributed by atoms with Crippen LogP contribution in [0.2, 0.25) is 0 Å². The summed E-state index contributed by atoms with van der Waals surface area (Å²) in [4.78, 5) is 0. The van der Waals surface area contributed by atoms with Crippen LogP contribution >= 0.6 is 0 Å². The van der Waals surface area contributed by atoms with Crippen LogP contribution < -0.4 is 0 Å². The average Bonchev–Trinajstić information content (AvgIpc) is 2.39. The third-order valence-electron chi connectivity index (χ3n) is 3.05. The first-order valence-corrected chi connectivity index (χ1v) is 5.71. The maximum atomic E-state index is 3.35. The fourth-order valence-corrected chi connectivity index (χ4v) is 2.25. The lowest BCUT2D eigenvalue weighted by atomic mass is 9.90. The second-order valence-corrected chi connectivity index (χ2v) is 4.09. The maximum Gasteiger partial charge on any atom is -0.0108 e. The smallest absolute Gasteiger partial charge is 0.0108 e. The van der Waals surface area contributed by atoms with Crippen molar-refractivity contribution in [3.63, 3.8) is 0 Å². The molecule has 0 N–H and O–H groups in total. The largest absolute Gasteiger partial charge is 0.0836 e. The zero-order valence-corrected chi connectivity index (χ0v) is 9.11. The van der Waals surface area contributed by atoms with Crippen molar-refractivity contribution in [3.05, 3.63) is 65.7 Å². The fourth-order valence-electron chi connectivity index (χ4n) is 2.25. The Balaban J connectivity index is 2.20. The van der Waals surface area contributed by atoms with Crippen LogP contribution in [0.15, 0.2) is 48.5 Å². The van der Waals surface area contributed by atoms with E-state index in [1.165, 1.54) is 22.3 Å². The molecule has 0 amide bonds. The summed E-state index contributed by atoms with van der Waals surface area (Å²) in [6.07, 6.45) is 6.74. The van der Waals surface area contributed by atoms with E-state index in [9.17, 15) is 0 Å². The lowest BCUT2D eigenvalue weighted by molar-refractivity contribution is 0.984. The highest BCUT2D eigenvalue weighted by atomic mass is 14.1. The molecule has 0 aliphatic heterocycles. The third kappa shape index (κ3) is 1.57. The Bertz CT molecular complexity index is 521. The molecule has 0 nitrogen and oxygen atoms in total. The molecule has 0 fully saturated rings. The van der Waals surface area contributed by atoms with Gasteiger partial charge in [-0.2, -0.15) is 0 Å². The average molecular weight is 205 g/mol. The molecule has 1 aliphatic rings. The van der Waals surface area contributed by atoms with Gasteiger partial charge in [0.1, 0.15) is 0 Å². The monoisotopic (exact) mass is 205 g/mol. The number of allylic oxidation sites excluding steroid dienone is 1. The standard InChI is InChI=1S/C16H13/c1-2-7-13(8-3-1)16-12-6-10-14-9-4-5-11-15(14)16/h1-3,5-8,11-12H,4,9H2. The lowest BCUT2D eigenvalue weighted by Gasteiger charge is -2.14. The summed E-state index contributed by atoms with van der Waals surface area (Å²) in [5.41, 5.74) is 5.31. The molecule has 2 aromatic carbocycles. The number of fused-ring (bicyclic) bond motifs is 1. The number of rotatable bonds is 1. The molecule has 0 unspecified atom stereocenters. The van der Waals surface area contributed by atoms with E-state index >= 15 is 0 Å². The summed E-state index contributed by atoms with van der Waals surface area (Å²) < 4.78 is 0. The van der Waals surface area contributed by atoms with Gasteiger partial charge < -0.3 is 0 Å². The summed E-state index contributed by atoms with van der Waals surface area (Å²) in [6.45, 7) is 0. The molecule has 3 rings (SSSR count). The Labute approximate surface area is 96.3 Å². The summed E-state index contributed by atoms with van der Waals surface area (Å²) in [7, 11) is 0. The first kappa shape index (κ1) is 9.41. The van der Waals surface area contributed by atoms with Gasteiger partial charge in [-0.3, -0.25) is 0 Å². The Morgan fingerprint density at radius 3 is 2.75 bits per heavy atom. The molecule has 1 aliphatic carbocycles. The van der Waals surface area contributed by atoms with Gasteiger partial charge >= 0.3 is 0 Å². The van der Waals surface area contributed by atoms with E-state index in [0.717, 1.165) is 12.8 Å². The summed E-state index contributed by atoms with van der Waals surface area (Å²) in [5, 5.41) is 0. The van der Waals surface area contributed by atoms with Crippen LogP contribution in [0, 0.1) is 6.07 Å². The molecule has 0 heterocycles. The predicted octanol–water partition coefficient (Wildman–Crippen LogP) is 4.11. The predicted molar refractivity (Wildman–Crippen MR) is 68.1 cm³/mol. The van der Waals surface area contributed by atoms with Crippen molar-refractivity contribution in [2.24, 2.45) is 0 Å². The van der Waals surface area contributed by atoms with Gasteiger partial charge in [0.05, 0.1) is 0 Å². The molecular formula is C16H13. The van der Waals surface area contributed by atoms with Crippen LogP contribution in [0.4, 0.5) is 0 Å². The molecule has 0 heteroatoms. The highest BCUT2D eigenvalue weighted by Crippen LogP contribution is 2.30. The molecule has 0 atom stereocenters. The third-order valence-corrected chi connectivity index (χ3v) is 3.05. The quantitative estimate of drug-likeness (QED) is 0.657. The summed E-state index contributed by atoms with van der Waals surface area (Å²) in [6, 6.07) is 18.1. The van der Waals surface area contributed by atoms with Crippen LogP contribution in [0.3, 0.4) is 0 Å². The van der Waals surface area contributed by atoms with Crippen molar-refractivity contribution in [3.8, 4) is 11.1 Å². The van der Waals surface area contributed by atoms with Gasteiger partial charge in [-0.15, -0.1) is 0 Å². The number of hydrogen-bond acceptors (Lipinski definition) is 0. The molecule has 2 aromatic rings. The molecule has 0 spiro atoms. The molecule has 0 aromatic heterocycles. The van der Waals surface area contributed by atoms with Gasteiger partial charge in [0.25, 0.3) is 0 Å². The molecular weight excluding hydrogens is 192 g/mol. The first-order chi connectivity index (χ1) is 7.95. The normalized spacial score (nSPS) is 13.5. The van der Waals surface area contributed by atoms with E-state index < -0.39 is 0 Å². The van der Waals surface area contributed by atoms with E-state index in [2.05, 4.69) is 54.6 Å². The van der Waals surface area contributed by atoms with Crippen LogP contribution in [-0.4, -0.2) is 0 Å². The molecule has 1 radical (unpaired) electrons. The van der Waals surface area contributed by atoms with Crippen LogP contribution in [-0.2, 0) is 6.42 Å². The molecule has 0 bridgehead atoms. The minimum absolute atomic E-state index is 1.12. The molecule has 16 heavy (non-hydrogen) atoms. The summed E-state index contributed by atoms with van der Waals surface area (Å²) >= 11 is 0. The zero-order valence-electron chi connectivity index (χ0n) is 9.11.